The Morgan fingerprint density at radius 3 is 2.30 bits per heavy atom. The van der Waals surface area contributed by atoms with Gasteiger partial charge in [0, 0.05) is 12.5 Å². The van der Waals surface area contributed by atoms with Crippen LogP contribution in [0.5, 0.6) is 0 Å². The fourth-order valence-electron chi connectivity index (χ4n) is 3.83. The summed E-state index contributed by atoms with van der Waals surface area (Å²) in [6.07, 6.45) is 0.965. The highest BCUT2D eigenvalue weighted by Crippen LogP contribution is 2.18. The molecule has 6 nitrogen and oxygen atoms in total. The summed E-state index contributed by atoms with van der Waals surface area (Å²) >= 11 is 0. The van der Waals surface area contributed by atoms with E-state index < -0.39 is 10.0 Å². The lowest BCUT2D eigenvalue weighted by molar-refractivity contribution is -0.895. The summed E-state index contributed by atoms with van der Waals surface area (Å²) < 4.78 is 27.1. The molecule has 0 radical (unpaired) electrons. The summed E-state index contributed by atoms with van der Waals surface area (Å²) in [5.41, 5.74) is 2.27. The smallest absolute Gasteiger partial charge is 0.275 e. The van der Waals surface area contributed by atoms with E-state index in [2.05, 4.69) is 24.4 Å². The van der Waals surface area contributed by atoms with E-state index in [0.717, 1.165) is 16.9 Å². The molecule has 0 saturated carbocycles. The molecule has 0 unspecified atom stereocenters. The van der Waals surface area contributed by atoms with Gasteiger partial charge in [-0.05, 0) is 31.0 Å². The largest absolute Gasteiger partial charge is 0.351 e. The van der Waals surface area contributed by atoms with Gasteiger partial charge in [0.25, 0.3) is 5.91 Å². The van der Waals surface area contributed by atoms with Crippen molar-refractivity contribution >= 4 is 15.9 Å². The van der Waals surface area contributed by atoms with E-state index in [0.29, 0.717) is 50.1 Å². The molecule has 1 amide bonds. The minimum atomic E-state index is -3.47. The number of hydrogen-bond donors (Lipinski definition) is 2. The van der Waals surface area contributed by atoms with E-state index in [-0.39, 0.29) is 5.91 Å². The van der Waals surface area contributed by atoms with Gasteiger partial charge < -0.3 is 10.2 Å². The minimum absolute atomic E-state index is 0.0224. The van der Waals surface area contributed by atoms with Crippen molar-refractivity contribution in [2.45, 2.75) is 31.1 Å². The third kappa shape index (κ3) is 5.68. The monoisotopic (exact) mass is 430 g/mol. The number of nitrogens with one attached hydrogen (secondary N) is 2. The molecule has 2 aromatic carbocycles. The molecule has 2 N–H and O–H groups in total. The van der Waals surface area contributed by atoms with Gasteiger partial charge in [0.15, 0.2) is 6.54 Å². The summed E-state index contributed by atoms with van der Waals surface area (Å²) in [4.78, 5) is 13.9. The molecule has 0 bridgehead atoms. The fourth-order valence-corrected chi connectivity index (χ4v) is 5.27. The number of aryl methyl sites for hydroxylation is 1. The molecule has 7 heteroatoms. The predicted molar refractivity (Wildman–Crippen MR) is 118 cm³/mol. The average molecular weight is 431 g/mol. The van der Waals surface area contributed by atoms with Crippen LogP contribution in [0.2, 0.25) is 0 Å². The molecule has 1 saturated heterocycles. The zero-order chi connectivity index (χ0) is 21.6. The first kappa shape index (κ1) is 22.5. The van der Waals surface area contributed by atoms with E-state index >= 15 is 0 Å². The normalized spacial score (nSPS) is 16.9. The van der Waals surface area contributed by atoms with Gasteiger partial charge in [-0.15, -0.1) is 0 Å². The number of carbonyl (C=O) groups excluding carboxylic acids is 1. The number of carbonyl (C=O) groups is 1. The van der Waals surface area contributed by atoms with Crippen molar-refractivity contribution in [3.63, 3.8) is 0 Å². The van der Waals surface area contributed by atoms with Crippen LogP contribution in [0, 0.1) is 6.92 Å². The van der Waals surface area contributed by atoms with Crippen LogP contribution < -0.4 is 10.2 Å². The summed E-state index contributed by atoms with van der Waals surface area (Å²) in [5, 5.41) is 3.06. The molecule has 0 spiro atoms. The van der Waals surface area contributed by atoms with Gasteiger partial charge in [0.2, 0.25) is 10.0 Å². The number of amides is 1. The van der Waals surface area contributed by atoms with Crippen LogP contribution in [-0.2, 0) is 14.8 Å². The minimum Gasteiger partial charge on any atom is -0.351 e. The Kier molecular flexibility index (Phi) is 7.64. The Hall–Kier alpha value is -2.22. The molecule has 162 valence electrons. The lowest BCUT2D eigenvalue weighted by Crippen LogP contribution is -3.15. The predicted octanol–water partition coefficient (Wildman–Crippen LogP) is 1.19. The van der Waals surface area contributed by atoms with Gasteiger partial charge in [-0.3, -0.25) is 4.79 Å². The molecular formula is C23H32N3O3S+. The summed E-state index contributed by atoms with van der Waals surface area (Å²) in [7, 11) is -3.47. The molecule has 30 heavy (non-hydrogen) atoms. The lowest BCUT2D eigenvalue weighted by atomic mass is 9.96. The van der Waals surface area contributed by atoms with Crippen LogP contribution in [0.15, 0.2) is 59.5 Å². The van der Waals surface area contributed by atoms with Gasteiger partial charge in [-0.2, -0.15) is 4.31 Å². The SMILES string of the molecule is CC[C@@H](CNC(=O)C[NH+]1CCN(S(=O)(=O)c2ccc(C)cc2)CC1)c1ccccc1. The molecular weight excluding hydrogens is 398 g/mol. The maximum absolute atomic E-state index is 12.8. The van der Waals surface area contributed by atoms with Crippen molar-refractivity contribution < 1.29 is 18.1 Å². The van der Waals surface area contributed by atoms with Crippen LogP contribution in [-0.4, -0.2) is 57.9 Å². The molecule has 3 rings (SSSR count). The second kappa shape index (κ2) is 10.2. The van der Waals surface area contributed by atoms with Gasteiger partial charge in [0.05, 0.1) is 31.1 Å². The number of nitrogens with zero attached hydrogens (tertiary/aromatic N) is 1. The Labute approximate surface area is 179 Å². The Morgan fingerprint density at radius 2 is 1.70 bits per heavy atom. The quantitative estimate of drug-likeness (QED) is 0.661. The highest BCUT2D eigenvalue weighted by Gasteiger charge is 2.31. The highest BCUT2D eigenvalue weighted by atomic mass is 32.2. The van der Waals surface area contributed by atoms with E-state index in [9.17, 15) is 13.2 Å². The number of quaternary nitrogens is 1. The van der Waals surface area contributed by atoms with Crippen molar-refractivity contribution in [2.75, 3.05) is 39.3 Å². The van der Waals surface area contributed by atoms with Gasteiger partial charge in [-0.1, -0.05) is 55.0 Å². The second-order valence-corrected chi connectivity index (χ2v) is 9.90. The van der Waals surface area contributed by atoms with Crippen LogP contribution in [0.3, 0.4) is 0 Å². The highest BCUT2D eigenvalue weighted by molar-refractivity contribution is 7.89. The maximum Gasteiger partial charge on any atom is 0.275 e. The molecule has 0 aromatic heterocycles. The molecule has 1 aliphatic rings. The molecule has 1 fully saturated rings. The lowest BCUT2D eigenvalue weighted by Gasteiger charge is -2.31. The zero-order valence-electron chi connectivity index (χ0n) is 17.8. The maximum atomic E-state index is 12.8. The second-order valence-electron chi connectivity index (χ2n) is 7.96. The standard InChI is InChI=1S/C23H31N3O3S/c1-3-20(21-7-5-4-6-8-21)17-24-23(27)18-25-13-15-26(16-14-25)30(28,29)22-11-9-19(2)10-12-22/h4-12,20H,3,13-18H2,1-2H3,(H,24,27)/p+1/t20-/m0/s1. The Balaban J connectivity index is 1.47. The number of sulfonamides is 1. The summed E-state index contributed by atoms with van der Waals surface area (Å²) in [6, 6.07) is 17.2. The van der Waals surface area contributed by atoms with Crippen molar-refractivity contribution in [3.8, 4) is 0 Å². The van der Waals surface area contributed by atoms with Crippen LogP contribution in [0.25, 0.3) is 0 Å². The van der Waals surface area contributed by atoms with Crippen LogP contribution in [0.1, 0.15) is 30.4 Å². The van der Waals surface area contributed by atoms with E-state index in [1.807, 2.05) is 37.3 Å². The first-order valence-corrected chi connectivity index (χ1v) is 12.1. The number of benzene rings is 2. The number of hydrogen-bond acceptors (Lipinski definition) is 3. The zero-order valence-corrected chi connectivity index (χ0v) is 18.6. The van der Waals surface area contributed by atoms with Gasteiger partial charge in [-0.25, -0.2) is 8.42 Å². The van der Waals surface area contributed by atoms with Crippen LogP contribution in [0.4, 0.5) is 0 Å². The van der Waals surface area contributed by atoms with Crippen molar-refractivity contribution in [1.82, 2.24) is 9.62 Å². The number of rotatable bonds is 8. The fraction of sp³-hybridized carbons (Fsp3) is 0.435. The first-order valence-electron chi connectivity index (χ1n) is 10.6. The molecule has 1 aliphatic heterocycles. The molecule has 2 aromatic rings. The third-order valence-corrected chi connectivity index (χ3v) is 7.72. The van der Waals surface area contributed by atoms with E-state index in [4.69, 9.17) is 0 Å². The van der Waals surface area contributed by atoms with E-state index in [1.165, 1.54) is 9.87 Å². The average Bonchev–Trinajstić information content (AvgIpc) is 2.75. The number of piperazine rings is 1. The first-order chi connectivity index (χ1) is 14.4. The van der Waals surface area contributed by atoms with Crippen molar-refractivity contribution in [3.05, 3.63) is 65.7 Å². The Bertz CT molecular complexity index is 922. The third-order valence-electron chi connectivity index (χ3n) is 5.81. The topological polar surface area (TPSA) is 70.9 Å². The molecule has 1 atom stereocenters. The van der Waals surface area contributed by atoms with Crippen molar-refractivity contribution in [2.24, 2.45) is 0 Å². The van der Waals surface area contributed by atoms with Crippen LogP contribution >= 0.6 is 0 Å². The van der Waals surface area contributed by atoms with Gasteiger partial charge in [0.1, 0.15) is 0 Å². The summed E-state index contributed by atoms with van der Waals surface area (Å²) in [6.45, 7) is 7.20. The van der Waals surface area contributed by atoms with E-state index in [1.54, 1.807) is 12.1 Å². The summed E-state index contributed by atoms with van der Waals surface area (Å²) in [5.74, 6) is 0.330. The molecule has 0 aliphatic carbocycles. The molecule has 1 heterocycles. The Morgan fingerprint density at radius 1 is 1.07 bits per heavy atom. The van der Waals surface area contributed by atoms with Gasteiger partial charge >= 0.3 is 0 Å². The van der Waals surface area contributed by atoms with Crippen molar-refractivity contribution in [1.29, 1.82) is 0 Å².